The molecule has 2 aliphatic heterocycles. The van der Waals surface area contributed by atoms with Crippen LogP contribution in [0.25, 0.3) is 0 Å². The summed E-state index contributed by atoms with van der Waals surface area (Å²) in [5.41, 5.74) is 0. The molecule has 0 saturated carbocycles. The third kappa shape index (κ3) is 7.80. The maximum Gasteiger partial charge on any atom is 0.414 e. The van der Waals surface area contributed by atoms with Gasteiger partial charge in [-0.2, -0.15) is 5.12 Å². The van der Waals surface area contributed by atoms with Gasteiger partial charge in [-0.1, -0.05) is 13.3 Å². The van der Waals surface area contributed by atoms with Gasteiger partial charge in [-0.3, -0.25) is 4.57 Å². The molecule has 168 valence electrons. The number of hydrogen-bond acceptors (Lipinski definition) is 7. The van der Waals surface area contributed by atoms with Gasteiger partial charge in [0.2, 0.25) is 0 Å². The molecule has 29 heavy (non-hydrogen) atoms. The Labute approximate surface area is 174 Å². The molecule has 0 radical (unpaired) electrons. The summed E-state index contributed by atoms with van der Waals surface area (Å²) in [4.78, 5) is 31.7. The number of alkyl halides is 1. The third-order valence-corrected chi connectivity index (χ3v) is 7.21. The molecule has 2 heterocycles. The minimum absolute atomic E-state index is 0.231. The molecule has 12 nitrogen and oxygen atoms in total. The van der Waals surface area contributed by atoms with E-state index in [1.165, 1.54) is 17.6 Å². The van der Waals surface area contributed by atoms with Crippen LogP contribution in [0.2, 0.25) is 0 Å². The quantitative estimate of drug-likeness (QED) is 0.180. The van der Waals surface area contributed by atoms with Crippen LogP contribution in [0, 0.1) is 4.91 Å². The van der Waals surface area contributed by atoms with Crippen LogP contribution in [0.1, 0.15) is 26.2 Å². The Morgan fingerprint density at radius 1 is 1.17 bits per heavy atom. The number of carboxylic acids is 2. The molecule has 1 unspecified atom stereocenters. The maximum atomic E-state index is 13.4. The van der Waals surface area contributed by atoms with Crippen molar-refractivity contribution in [1.29, 1.82) is 0 Å². The summed E-state index contributed by atoms with van der Waals surface area (Å²) < 4.78 is 22.5. The van der Waals surface area contributed by atoms with E-state index in [0.717, 1.165) is 31.2 Å². The second-order valence-electron chi connectivity index (χ2n) is 6.40. The summed E-state index contributed by atoms with van der Waals surface area (Å²) in [6.07, 6.45) is 3.07. The predicted molar refractivity (Wildman–Crippen MR) is 106 cm³/mol. The third-order valence-electron chi connectivity index (χ3n) is 4.42. The zero-order valence-corrected chi connectivity index (χ0v) is 18.1. The summed E-state index contributed by atoms with van der Waals surface area (Å²) in [7, 11) is -3.24. The first-order valence-corrected chi connectivity index (χ1v) is 11.5. The zero-order chi connectivity index (χ0) is 21.9. The van der Waals surface area contributed by atoms with Gasteiger partial charge in [-0.25, -0.2) is 14.3 Å². The summed E-state index contributed by atoms with van der Waals surface area (Å²) in [6.45, 7) is 7.50. The van der Waals surface area contributed by atoms with Crippen molar-refractivity contribution in [1.82, 2.24) is 19.5 Å². The Hall–Kier alpha value is -1.30. The SMILES string of the molecule is CCCCN1CCN(P2(=O)OCCCN2N(CCCl)N=O)CC1.O=C(O)C(=O)O. The van der Waals surface area contributed by atoms with Gasteiger partial charge < -0.3 is 19.6 Å². The lowest BCUT2D eigenvalue weighted by atomic mass is 10.3. The van der Waals surface area contributed by atoms with E-state index < -0.39 is 19.6 Å². The van der Waals surface area contributed by atoms with E-state index in [4.69, 9.17) is 35.9 Å². The van der Waals surface area contributed by atoms with Crippen LogP contribution in [0.15, 0.2) is 5.29 Å². The van der Waals surface area contributed by atoms with Gasteiger partial charge in [0.25, 0.3) is 0 Å². The van der Waals surface area contributed by atoms with E-state index in [-0.39, 0.29) is 12.4 Å². The molecule has 0 aromatic carbocycles. The average molecular weight is 458 g/mol. The van der Waals surface area contributed by atoms with Gasteiger partial charge in [0.15, 0.2) is 0 Å². The minimum Gasteiger partial charge on any atom is -0.473 e. The highest BCUT2D eigenvalue weighted by atomic mass is 35.5. The first-order valence-electron chi connectivity index (χ1n) is 9.43. The van der Waals surface area contributed by atoms with Gasteiger partial charge in [0.05, 0.1) is 18.4 Å². The Kier molecular flexibility index (Phi) is 11.6. The highest BCUT2D eigenvalue weighted by Crippen LogP contribution is 2.57. The summed E-state index contributed by atoms with van der Waals surface area (Å²) in [5, 5.41) is 18.9. The van der Waals surface area contributed by atoms with Gasteiger partial charge in [-0.15, -0.1) is 21.3 Å². The van der Waals surface area contributed by atoms with Crippen LogP contribution < -0.4 is 0 Å². The first kappa shape index (κ1) is 25.7. The van der Waals surface area contributed by atoms with Crippen LogP contribution in [0.4, 0.5) is 0 Å². The van der Waals surface area contributed by atoms with E-state index in [0.29, 0.717) is 26.2 Å². The number of unbranched alkanes of at least 4 members (excludes halogenated alkanes) is 1. The number of rotatable bonds is 8. The van der Waals surface area contributed by atoms with Crippen molar-refractivity contribution in [2.75, 3.05) is 58.3 Å². The number of piperazine rings is 1. The number of carboxylic acid groups (broad SMARTS) is 2. The Morgan fingerprint density at radius 3 is 2.28 bits per heavy atom. The van der Waals surface area contributed by atoms with Crippen molar-refractivity contribution < 1.29 is 28.9 Å². The van der Waals surface area contributed by atoms with Gasteiger partial charge in [0.1, 0.15) is 0 Å². The molecule has 1 atom stereocenters. The number of halogens is 1. The van der Waals surface area contributed by atoms with Crippen molar-refractivity contribution in [3.8, 4) is 0 Å². The lowest BCUT2D eigenvalue weighted by molar-refractivity contribution is -0.159. The minimum atomic E-state index is -3.24. The molecular formula is C15H29ClN5O7P. The molecule has 0 aromatic rings. The van der Waals surface area contributed by atoms with Crippen LogP contribution in [0.5, 0.6) is 0 Å². The van der Waals surface area contributed by atoms with Crippen LogP contribution in [-0.2, 0) is 18.7 Å². The Morgan fingerprint density at radius 2 is 1.79 bits per heavy atom. The maximum absolute atomic E-state index is 13.4. The number of hydrazine groups is 1. The van der Waals surface area contributed by atoms with E-state index >= 15 is 0 Å². The van der Waals surface area contributed by atoms with Crippen LogP contribution in [0.3, 0.4) is 0 Å². The highest BCUT2D eigenvalue weighted by Gasteiger charge is 2.45. The number of aliphatic carboxylic acids is 2. The summed E-state index contributed by atoms with van der Waals surface area (Å²) in [5.74, 6) is -3.41. The van der Waals surface area contributed by atoms with Gasteiger partial charge in [-0.05, 0) is 19.4 Å². The molecule has 2 rings (SSSR count). The number of nitroso groups, excluding NO2 is 1. The fourth-order valence-electron chi connectivity index (χ4n) is 2.93. The molecule has 0 spiro atoms. The topological polar surface area (TPSA) is 143 Å². The molecule has 0 aromatic heterocycles. The van der Waals surface area contributed by atoms with E-state index in [1.54, 1.807) is 0 Å². The lowest BCUT2D eigenvalue weighted by Gasteiger charge is -2.45. The first-order chi connectivity index (χ1) is 13.8. The lowest BCUT2D eigenvalue weighted by Crippen LogP contribution is -2.51. The summed E-state index contributed by atoms with van der Waals surface area (Å²) >= 11 is 5.72. The molecule has 2 aliphatic rings. The monoisotopic (exact) mass is 457 g/mol. The van der Waals surface area contributed by atoms with Crippen molar-refractivity contribution in [2.45, 2.75) is 26.2 Å². The molecule has 0 aliphatic carbocycles. The number of carbonyl (C=O) groups is 2. The molecule has 2 fully saturated rings. The molecule has 2 saturated heterocycles. The van der Waals surface area contributed by atoms with Crippen molar-refractivity contribution >= 4 is 31.2 Å². The molecule has 14 heteroatoms. The molecule has 0 bridgehead atoms. The number of hydrogen-bond donors (Lipinski definition) is 2. The van der Waals surface area contributed by atoms with Crippen molar-refractivity contribution in [3.05, 3.63) is 4.91 Å². The fraction of sp³-hybridized carbons (Fsp3) is 0.867. The molecule has 0 amide bonds. The predicted octanol–water partition coefficient (Wildman–Crippen LogP) is 1.53. The summed E-state index contributed by atoms with van der Waals surface area (Å²) in [6, 6.07) is 0. The largest absolute Gasteiger partial charge is 0.473 e. The normalized spacial score (nSPS) is 23.7. The van der Waals surface area contributed by atoms with Crippen LogP contribution >= 0.6 is 19.3 Å². The van der Waals surface area contributed by atoms with Crippen molar-refractivity contribution in [3.63, 3.8) is 0 Å². The zero-order valence-electron chi connectivity index (χ0n) is 16.5. The van der Waals surface area contributed by atoms with Crippen molar-refractivity contribution in [2.24, 2.45) is 5.29 Å². The molecular weight excluding hydrogens is 429 g/mol. The van der Waals surface area contributed by atoms with E-state index in [1.807, 2.05) is 4.67 Å². The smallest absolute Gasteiger partial charge is 0.414 e. The standard InChI is InChI=1S/C13H27ClN5O3P.C2H2O4/c1-2-3-6-16-9-11-17(12-10-16)23(21)19(7-4-13-22-23)18(15-20)8-5-14;3-1(4)2(5)6/h2-13H2,1H3;(H,3,4)(H,5,6). The Balaban J connectivity index is 0.000000612. The highest BCUT2D eigenvalue weighted by molar-refractivity contribution is 7.53. The van der Waals surface area contributed by atoms with Gasteiger partial charge >= 0.3 is 19.6 Å². The van der Waals surface area contributed by atoms with Gasteiger partial charge in [0, 0.05) is 38.6 Å². The van der Waals surface area contributed by atoms with E-state index in [2.05, 4.69) is 17.1 Å². The Bertz CT molecular complexity index is 579. The fourth-order valence-corrected chi connectivity index (χ4v) is 5.49. The number of nitrogens with zero attached hydrogens (tertiary/aromatic N) is 5. The second-order valence-corrected chi connectivity index (χ2v) is 9.04. The average Bonchev–Trinajstić information content (AvgIpc) is 2.72. The van der Waals surface area contributed by atoms with Crippen LogP contribution in [-0.4, -0.2) is 99.9 Å². The van der Waals surface area contributed by atoms with E-state index in [9.17, 15) is 9.47 Å². The molecule has 2 N–H and O–H groups in total. The second kappa shape index (κ2) is 13.1.